The molecule has 0 bridgehead atoms. The second kappa shape index (κ2) is 6.09. The first kappa shape index (κ1) is 14.9. The molecule has 0 spiro atoms. The van der Waals surface area contributed by atoms with E-state index >= 15 is 0 Å². The van der Waals surface area contributed by atoms with Gasteiger partial charge in [-0.1, -0.05) is 6.07 Å². The van der Waals surface area contributed by atoms with Crippen LogP contribution in [0, 0.1) is 6.92 Å². The Bertz CT molecular complexity index is 876. The van der Waals surface area contributed by atoms with E-state index in [0.717, 1.165) is 42.2 Å². The lowest BCUT2D eigenvalue weighted by Crippen LogP contribution is -2.25. The van der Waals surface area contributed by atoms with Gasteiger partial charge in [0.1, 0.15) is 5.65 Å². The molecule has 1 atom stereocenters. The number of nitrogens with one attached hydrogen (secondary N) is 2. The molecule has 1 fully saturated rings. The number of nitrogens with zero attached hydrogens (tertiary/aromatic N) is 3. The van der Waals surface area contributed by atoms with Crippen LogP contribution in [0.2, 0.25) is 0 Å². The standard InChI is InChI=1S/C17H19N5O2/c1-11-13(22-7-3-2-6-15(22)20-11)10-18-17(23)12-9-19-21-16(12)14-5-4-8-24-14/h2-3,6-7,9,14H,4-5,8,10H2,1H3,(H,18,23)(H,19,21). The van der Waals surface area contributed by atoms with E-state index in [9.17, 15) is 4.79 Å². The van der Waals surface area contributed by atoms with E-state index in [4.69, 9.17) is 4.74 Å². The van der Waals surface area contributed by atoms with Crippen LogP contribution in [0.5, 0.6) is 0 Å². The molecule has 1 saturated heterocycles. The number of pyridine rings is 1. The zero-order valence-electron chi connectivity index (χ0n) is 13.5. The number of aromatic nitrogens is 4. The Labute approximate surface area is 139 Å². The molecule has 2 N–H and O–H groups in total. The van der Waals surface area contributed by atoms with Crippen LogP contribution in [0.3, 0.4) is 0 Å². The highest BCUT2D eigenvalue weighted by Crippen LogP contribution is 2.29. The summed E-state index contributed by atoms with van der Waals surface area (Å²) < 4.78 is 7.64. The largest absolute Gasteiger partial charge is 0.372 e. The number of amides is 1. The number of carbonyl (C=O) groups is 1. The molecule has 1 unspecified atom stereocenters. The van der Waals surface area contributed by atoms with Crippen molar-refractivity contribution in [3.8, 4) is 0 Å². The van der Waals surface area contributed by atoms with Gasteiger partial charge in [0, 0.05) is 12.8 Å². The third-order valence-corrected chi connectivity index (χ3v) is 4.41. The fourth-order valence-corrected chi connectivity index (χ4v) is 3.16. The van der Waals surface area contributed by atoms with Crippen LogP contribution in [0.25, 0.3) is 5.65 Å². The van der Waals surface area contributed by atoms with Gasteiger partial charge in [0.15, 0.2) is 0 Å². The summed E-state index contributed by atoms with van der Waals surface area (Å²) in [5, 5.41) is 9.90. The van der Waals surface area contributed by atoms with Crippen LogP contribution in [-0.2, 0) is 11.3 Å². The average Bonchev–Trinajstić information content (AvgIpc) is 3.31. The highest BCUT2D eigenvalue weighted by molar-refractivity contribution is 5.95. The lowest BCUT2D eigenvalue weighted by Gasteiger charge is -2.10. The quantitative estimate of drug-likeness (QED) is 0.770. The average molecular weight is 325 g/mol. The molecule has 0 saturated carbocycles. The first-order valence-electron chi connectivity index (χ1n) is 8.09. The maximum atomic E-state index is 12.6. The van der Waals surface area contributed by atoms with E-state index < -0.39 is 0 Å². The Morgan fingerprint density at radius 3 is 3.25 bits per heavy atom. The van der Waals surface area contributed by atoms with Crippen molar-refractivity contribution in [3.05, 3.63) is 53.2 Å². The van der Waals surface area contributed by atoms with Crippen molar-refractivity contribution < 1.29 is 9.53 Å². The molecule has 0 aliphatic carbocycles. The predicted octanol–water partition coefficient (Wildman–Crippen LogP) is 2.15. The minimum absolute atomic E-state index is 0.0641. The maximum absolute atomic E-state index is 12.6. The zero-order valence-corrected chi connectivity index (χ0v) is 13.5. The molecule has 4 heterocycles. The van der Waals surface area contributed by atoms with E-state index in [1.807, 2.05) is 35.7 Å². The molecule has 0 aromatic carbocycles. The Balaban J connectivity index is 1.53. The van der Waals surface area contributed by atoms with Crippen molar-refractivity contribution in [2.75, 3.05) is 6.61 Å². The first-order valence-corrected chi connectivity index (χ1v) is 8.09. The Kier molecular flexibility index (Phi) is 3.78. The molecule has 1 amide bonds. The van der Waals surface area contributed by atoms with Crippen LogP contribution in [0.1, 0.15) is 46.4 Å². The lowest BCUT2D eigenvalue weighted by molar-refractivity contribution is 0.0920. The van der Waals surface area contributed by atoms with E-state index in [-0.39, 0.29) is 12.0 Å². The number of imidazole rings is 1. The summed E-state index contributed by atoms with van der Waals surface area (Å²) in [5.74, 6) is -0.153. The SMILES string of the molecule is Cc1nc2ccccn2c1CNC(=O)c1cn[nH]c1C1CCCO1. The van der Waals surface area contributed by atoms with Gasteiger partial charge in [0.05, 0.1) is 41.5 Å². The van der Waals surface area contributed by atoms with Crippen molar-refractivity contribution in [1.29, 1.82) is 0 Å². The number of rotatable bonds is 4. The number of H-pyrrole nitrogens is 1. The fraction of sp³-hybridized carbons (Fsp3) is 0.353. The molecule has 0 radical (unpaired) electrons. The van der Waals surface area contributed by atoms with E-state index in [2.05, 4.69) is 20.5 Å². The molecule has 124 valence electrons. The van der Waals surface area contributed by atoms with Crippen LogP contribution >= 0.6 is 0 Å². The topological polar surface area (TPSA) is 84.3 Å². The number of aromatic amines is 1. The number of ether oxygens (including phenoxy) is 1. The van der Waals surface area contributed by atoms with Crippen molar-refractivity contribution in [1.82, 2.24) is 24.9 Å². The summed E-state index contributed by atoms with van der Waals surface area (Å²) in [7, 11) is 0. The van der Waals surface area contributed by atoms with Gasteiger partial charge < -0.3 is 14.5 Å². The molecule has 24 heavy (non-hydrogen) atoms. The fourth-order valence-electron chi connectivity index (χ4n) is 3.16. The lowest BCUT2D eigenvalue weighted by atomic mass is 10.1. The van der Waals surface area contributed by atoms with Crippen molar-refractivity contribution in [2.24, 2.45) is 0 Å². The molecule has 3 aromatic rings. The normalized spacial score (nSPS) is 17.5. The molecule has 7 nitrogen and oxygen atoms in total. The highest BCUT2D eigenvalue weighted by Gasteiger charge is 2.25. The van der Waals surface area contributed by atoms with Crippen molar-refractivity contribution in [2.45, 2.75) is 32.4 Å². The summed E-state index contributed by atoms with van der Waals surface area (Å²) >= 11 is 0. The van der Waals surface area contributed by atoms with Gasteiger partial charge in [0.2, 0.25) is 0 Å². The third-order valence-electron chi connectivity index (χ3n) is 4.41. The monoisotopic (exact) mass is 325 g/mol. The smallest absolute Gasteiger partial charge is 0.255 e. The second-order valence-corrected chi connectivity index (χ2v) is 5.95. The van der Waals surface area contributed by atoms with Crippen molar-refractivity contribution >= 4 is 11.6 Å². The third kappa shape index (κ3) is 2.56. The molecule has 1 aliphatic rings. The van der Waals surface area contributed by atoms with Crippen LogP contribution in [0.4, 0.5) is 0 Å². The van der Waals surface area contributed by atoms with Crippen LogP contribution in [-0.4, -0.2) is 32.1 Å². The summed E-state index contributed by atoms with van der Waals surface area (Å²) in [4.78, 5) is 17.1. The predicted molar refractivity (Wildman–Crippen MR) is 87.6 cm³/mol. The van der Waals surface area contributed by atoms with Crippen molar-refractivity contribution in [3.63, 3.8) is 0 Å². The van der Waals surface area contributed by atoms with E-state index in [1.165, 1.54) is 0 Å². The first-order chi connectivity index (χ1) is 11.7. The van der Waals surface area contributed by atoms with Gasteiger partial charge in [-0.3, -0.25) is 9.89 Å². The Morgan fingerprint density at radius 1 is 1.50 bits per heavy atom. The minimum atomic E-state index is -0.153. The molecular formula is C17H19N5O2. The number of fused-ring (bicyclic) bond motifs is 1. The number of hydrogen-bond donors (Lipinski definition) is 2. The summed E-state index contributed by atoms with van der Waals surface area (Å²) in [6, 6.07) is 5.85. The van der Waals surface area contributed by atoms with Crippen LogP contribution < -0.4 is 5.32 Å². The van der Waals surface area contributed by atoms with E-state index in [0.29, 0.717) is 12.1 Å². The number of hydrogen-bond acceptors (Lipinski definition) is 4. The van der Waals surface area contributed by atoms with Gasteiger partial charge in [0.25, 0.3) is 5.91 Å². The van der Waals surface area contributed by atoms with Gasteiger partial charge in [-0.15, -0.1) is 0 Å². The molecular weight excluding hydrogens is 306 g/mol. The van der Waals surface area contributed by atoms with Crippen LogP contribution in [0.15, 0.2) is 30.6 Å². The minimum Gasteiger partial charge on any atom is -0.372 e. The Hall–Kier alpha value is -2.67. The second-order valence-electron chi connectivity index (χ2n) is 5.95. The molecule has 4 rings (SSSR count). The summed E-state index contributed by atoms with van der Waals surface area (Å²) in [5.41, 5.74) is 4.07. The molecule has 3 aromatic heterocycles. The zero-order chi connectivity index (χ0) is 16.5. The van der Waals surface area contributed by atoms with Gasteiger partial charge >= 0.3 is 0 Å². The maximum Gasteiger partial charge on any atom is 0.255 e. The highest BCUT2D eigenvalue weighted by atomic mass is 16.5. The molecule has 7 heteroatoms. The summed E-state index contributed by atoms with van der Waals surface area (Å²) in [6.07, 6.45) is 5.37. The summed E-state index contributed by atoms with van der Waals surface area (Å²) in [6.45, 7) is 3.09. The van der Waals surface area contributed by atoms with Gasteiger partial charge in [-0.2, -0.15) is 5.10 Å². The number of aryl methyl sites for hydroxylation is 1. The Morgan fingerprint density at radius 2 is 2.42 bits per heavy atom. The molecule has 1 aliphatic heterocycles. The number of carbonyl (C=O) groups excluding carboxylic acids is 1. The van der Waals surface area contributed by atoms with Gasteiger partial charge in [-0.25, -0.2) is 4.98 Å². The van der Waals surface area contributed by atoms with Gasteiger partial charge in [-0.05, 0) is 31.9 Å². The van der Waals surface area contributed by atoms with E-state index in [1.54, 1.807) is 6.20 Å².